The molecular weight excluding hydrogens is 268 g/mol. The fourth-order valence-corrected chi connectivity index (χ4v) is 6.66. The number of phenolic OH excluding ortho intramolecular Hbond substituents is 1. The van der Waals surface area contributed by atoms with Crippen LogP contribution in [0.4, 0.5) is 0 Å². The van der Waals surface area contributed by atoms with Gasteiger partial charge in [0.25, 0.3) is 0 Å². The number of phenols is 1. The summed E-state index contributed by atoms with van der Waals surface area (Å²) in [4.78, 5) is 0. The van der Waals surface area contributed by atoms with Crippen LogP contribution in [0.1, 0.15) is 80.9 Å². The van der Waals surface area contributed by atoms with Crippen LogP contribution < -0.4 is 0 Å². The predicted octanol–water partition coefficient (Wildman–Crippen LogP) is 5.36. The van der Waals surface area contributed by atoms with Gasteiger partial charge in [0.1, 0.15) is 5.75 Å². The topological polar surface area (TPSA) is 20.2 Å². The molecule has 118 valence electrons. The second-order valence-electron chi connectivity index (χ2n) is 9.04. The number of hydrogen-bond donors (Lipinski definition) is 1. The highest BCUT2D eigenvalue weighted by atomic mass is 16.3. The molecule has 4 saturated carbocycles. The minimum atomic E-state index is 0.322. The van der Waals surface area contributed by atoms with Gasteiger partial charge in [0.15, 0.2) is 0 Å². The van der Waals surface area contributed by atoms with Crippen LogP contribution in [0.2, 0.25) is 0 Å². The van der Waals surface area contributed by atoms with E-state index < -0.39 is 0 Å². The molecule has 1 aromatic carbocycles. The zero-order valence-electron chi connectivity index (χ0n) is 13.8. The van der Waals surface area contributed by atoms with Crippen LogP contribution in [-0.2, 0) is 10.8 Å². The lowest BCUT2D eigenvalue weighted by atomic mass is 9.72. The molecule has 22 heavy (non-hydrogen) atoms. The summed E-state index contributed by atoms with van der Waals surface area (Å²) in [7, 11) is 0. The van der Waals surface area contributed by atoms with E-state index in [9.17, 15) is 5.11 Å². The number of benzene rings is 1. The van der Waals surface area contributed by atoms with E-state index in [-0.39, 0.29) is 0 Å². The van der Waals surface area contributed by atoms with Crippen molar-refractivity contribution in [2.24, 2.45) is 11.8 Å². The number of aryl methyl sites for hydroxylation is 1. The SMILES string of the molecule is Cc1cc(C23CCC(CC2)C3)cc(C23CCC(CC2)C3)c1O. The van der Waals surface area contributed by atoms with E-state index in [2.05, 4.69) is 19.1 Å². The van der Waals surface area contributed by atoms with E-state index >= 15 is 0 Å². The van der Waals surface area contributed by atoms with Crippen molar-refractivity contribution in [1.82, 2.24) is 0 Å². The Hall–Kier alpha value is -0.980. The first kappa shape index (κ1) is 13.5. The first-order valence-corrected chi connectivity index (χ1v) is 9.45. The summed E-state index contributed by atoms with van der Waals surface area (Å²) in [5.74, 6) is 2.54. The van der Waals surface area contributed by atoms with Crippen molar-refractivity contribution in [3.05, 3.63) is 28.8 Å². The fraction of sp³-hybridized carbons (Fsp3) is 0.714. The van der Waals surface area contributed by atoms with Crippen LogP contribution in [0.5, 0.6) is 5.75 Å². The third-order valence-corrected chi connectivity index (χ3v) is 7.97. The van der Waals surface area contributed by atoms with E-state index in [0.717, 1.165) is 17.4 Å². The summed E-state index contributed by atoms with van der Waals surface area (Å²) >= 11 is 0. The molecule has 4 fully saturated rings. The molecule has 0 aromatic heterocycles. The molecule has 1 heteroatoms. The molecule has 0 heterocycles. The van der Waals surface area contributed by atoms with Gasteiger partial charge in [-0.3, -0.25) is 0 Å². The average Bonchev–Trinajstić information content (AvgIpc) is 3.30. The summed E-state index contributed by atoms with van der Waals surface area (Å²) in [6, 6.07) is 4.79. The van der Waals surface area contributed by atoms with Crippen LogP contribution in [0, 0.1) is 18.8 Å². The minimum absolute atomic E-state index is 0.322. The Morgan fingerprint density at radius 3 is 1.91 bits per heavy atom. The van der Waals surface area contributed by atoms with Gasteiger partial charge < -0.3 is 5.11 Å². The second kappa shape index (κ2) is 4.30. The van der Waals surface area contributed by atoms with Gasteiger partial charge >= 0.3 is 0 Å². The molecule has 0 spiro atoms. The van der Waals surface area contributed by atoms with Crippen molar-refractivity contribution in [3.8, 4) is 5.75 Å². The molecule has 0 amide bonds. The zero-order valence-corrected chi connectivity index (χ0v) is 13.8. The lowest BCUT2D eigenvalue weighted by molar-refractivity contribution is 0.382. The van der Waals surface area contributed by atoms with E-state index in [4.69, 9.17) is 0 Å². The van der Waals surface area contributed by atoms with Gasteiger partial charge in [0.05, 0.1) is 0 Å². The van der Waals surface area contributed by atoms with Crippen molar-refractivity contribution in [3.63, 3.8) is 0 Å². The van der Waals surface area contributed by atoms with Crippen molar-refractivity contribution < 1.29 is 5.11 Å². The molecule has 0 saturated heterocycles. The molecule has 4 aliphatic rings. The fourth-order valence-electron chi connectivity index (χ4n) is 6.66. The third kappa shape index (κ3) is 1.66. The quantitative estimate of drug-likeness (QED) is 0.778. The zero-order chi connectivity index (χ0) is 14.9. The summed E-state index contributed by atoms with van der Waals surface area (Å²) < 4.78 is 0. The van der Waals surface area contributed by atoms with Crippen molar-refractivity contribution in [2.75, 3.05) is 0 Å². The van der Waals surface area contributed by atoms with E-state index in [1.165, 1.54) is 69.8 Å². The lowest BCUT2D eigenvalue weighted by Crippen LogP contribution is -2.24. The van der Waals surface area contributed by atoms with Crippen molar-refractivity contribution in [2.45, 2.75) is 82.0 Å². The Morgan fingerprint density at radius 2 is 1.41 bits per heavy atom. The van der Waals surface area contributed by atoms with E-state index in [1.807, 2.05) is 0 Å². The number of aromatic hydroxyl groups is 1. The van der Waals surface area contributed by atoms with Crippen LogP contribution >= 0.6 is 0 Å². The first-order valence-electron chi connectivity index (χ1n) is 9.45. The van der Waals surface area contributed by atoms with Crippen molar-refractivity contribution >= 4 is 0 Å². The Labute approximate surface area is 134 Å². The maximum Gasteiger partial charge on any atom is 0.122 e. The molecule has 5 rings (SSSR count). The van der Waals surface area contributed by atoms with E-state index in [1.54, 1.807) is 5.56 Å². The van der Waals surface area contributed by atoms with Crippen LogP contribution in [-0.4, -0.2) is 5.11 Å². The van der Waals surface area contributed by atoms with Crippen LogP contribution in [0.3, 0.4) is 0 Å². The Kier molecular flexibility index (Phi) is 2.63. The van der Waals surface area contributed by atoms with Gasteiger partial charge in [0, 0.05) is 5.56 Å². The van der Waals surface area contributed by atoms with Gasteiger partial charge in [-0.05, 0) is 105 Å². The molecular formula is C21H28O. The summed E-state index contributed by atoms with van der Waals surface area (Å²) in [5, 5.41) is 10.8. The maximum absolute atomic E-state index is 10.8. The molecule has 1 aromatic rings. The molecule has 4 aliphatic carbocycles. The van der Waals surface area contributed by atoms with Gasteiger partial charge in [-0.1, -0.05) is 12.1 Å². The van der Waals surface area contributed by atoms with Gasteiger partial charge in [-0.15, -0.1) is 0 Å². The number of fused-ring (bicyclic) bond motifs is 4. The third-order valence-electron chi connectivity index (χ3n) is 7.97. The Balaban J connectivity index is 1.63. The first-order chi connectivity index (χ1) is 10.6. The standard InChI is InChI=1S/C21H28O/c1-14-10-17(20-6-2-15(12-20)3-7-20)11-18(19(14)22)21-8-4-16(13-21)5-9-21/h10-11,15-16,22H,2-9,12-13H2,1H3. The number of hydrogen-bond acceptors (Lipinski definition) is 1. The highest BCUT2D eigenvalue weighted by Gasteiger charge is 2.49. The lowest BCUT2D eigenvalue weighted by Gasteiger charge is -2.33. The normalized spacial score (nSPS) is 42.4. The summed E-state index contributed by atoms with van der Waals surface area (Å²) in [5.41, 5.74) is 4.81. The van der Waals surface area contributed by atoms with Crippen molar-refractivity contribution in [1.29, 1.82) is 0 Å². The van der Waals surface area contributed by atoms with Crippen LogP contribution in [0.25, 0.3) is 0 Å². The maximum atomic E-state index is 10.8. The molecule has 0 unspecified atom stereocenters. The second-order valence-corrected chi connectivity index (χ2v) is 9.04. The molecule has 0 radical (unpaired) electrons. The predicted molar refractivity (Wildman–Crippen MR) is 89.3 cm³/mol. The van der Waals surface area contributed by atoms with E-state index in [0.29, 0.717) is 16.6 Å². The Morgan fingerprint density at radius 1 is 0.864 bits per heavy atom. The Bertz CT molecular complexity index is 613. The highest BCUT2D eigenvalue weighted by Crippen LogP contribution is 2.60. The smallest absolute Gasteiger partial charge is 0.122 e. The molecule has 1 N–H and O–H groups in total. The monoisotopic (exact) mass is 296 g/mol. The highest BCUT2D eigenvalue weighted by molar-refractivity contribution is 5.50. The average molecular weight is 296 g/mol. The summed E-state index contributed by atoms with van der Waals surface area (Å²) in [6.45, 7) is 2.12. The largest absolute Gasteiger partial charge is 0.507 e. The molecule has 4 bridgehead atoms. The molecule has 0 aliphatic heterocycles. The van der Waals surface area contributed by atoms with Gasteiger partial charge in [-0.2, -0.15) is 0 Å². The summed E-state index contributed by atoms with van der Waals surface area (Å²) in [6.07, 6.45) is 13.8. The molecule has 0 atom stereocenters. The number of rotatable bonds is 2. The minimum Gasteiger partial charge on any atom is -0.507 e. The molecule has 1 nitrogen and oxygen atoms in total. The van der Waals surface area contributed by atoms with Gasteiger partial charge in [-0.25, -0.2) is 0 Å². The van der Waals surface area contributed by atoms with Gasteiger partial charge in [0.2, 0.25) is 0 Å². The van der Waals surface area contributed by atoms with Crippen LogP contribution in [0.15, 0.2) is 12.1 Å².